The lowest BCUT2D eigenvalue weighted by molar-refractivity contribution is -0.119. The lowest BCUT2D eigenvalue weighted by atomic mass is 10.0. The molecule has 0 saturated heterocycles. The van der Waals surface area contributed by atoms with Crippen LogP contribution in [0.5, 0.6) is 0 Å². The van der Waals surface area contributed by atoms with E-state index in [2.05, 4.69) is 4.36 Å². The van der Waals surface area contributed by atoms with Crippen LogP contribution in [0.25, 0.3) is 10.8 Å². The van der Waals surface area contributed by atoms with Crippen LogP contribution >= 0.6 is 0 Å². The van der Waals surface area contributed by atoms with Gasteiger partial charge in [0.2, 0.25) is 0 Å². The number of hydrogen-bond donors (Lipinski definition) is 2. The number of benzene rings is 2. The van der Waals surface area contributed by atoms with E-state index in [1.807, 2.05) is 13.8 Å². The molecule has 23 heavy (non-hydrogen) atoms. The van der Waals surface area contributed by atoms with Crippen molar-refractivity contribution in [2.45, 2.75) is 31.2 Å². The van der Waals surface area contributed by atoms with Gasteiger partial charge in [-0.15, -0.1) is 4.36 Å². The second-order valence-corrected chi connectivity index (χ2v) is 7.58. The van der Waals surface area contributed by atoms with Crippen LogP contribution in [-0.4, -0.2) is 16.2 Å². The van der Waals surface area contributed by atoms with E-state index < -0.39 is 27.7 Å². The largest absolute Gasteiger partial charge is 0.320 e. The average molecular weight is 337 g/mol. The van der Waals surface area contributed by atoms with Crippen LogP contribution in [0.1, 0.15) is 20.3 Å². The molecule has 0 radical (unpaired) electrons. The fourth-order valence-corrected chi connectivity index (χ4v) is 3.61. The second kappa shape index (κ2) is 6.74. The molecule has 0 spiro atoms. The first-order valence-electron chi connectivity index (χ1n) is 7.24. The number of fused-ring (bicyclic) bond motifs is 1. The summed E-state index contributed by atoms with van der Waals surface area (Å²) >= 11 is 0. The van der Waals surface area contributed by atoms with E-state index in [1.54, 1.807) is 24.3 Å². The molecule has 1 unspecified atom stereocenters. The van der Waals surface area contributed by atoms with E-state index in [-0.39, 0.29) is 16.2 Å². The number of rotatable bonds is 4. The molecule has 0 saturated carbocycles. The molecular formula is C16H20FN3O2S. The molecule has 0 fully saturated rings. The Morgan fingerprint density at radius 1 is 1.22 bits per heavy atom. The van der Waals surface area contributed by atoms with Gasteiger partial charge in [0.1, 0.15) is 15.7 Å². The maximum absolute atomic E-state index is 13.8. The van der Waals surface area contributed by atoms with Crippen LogP contribution in [0.3, 0.4) is 0 Å². The number of hydrogen-bond acceptors (Lipinski definition) is 3. The summed E-state index contributed by atoms with van der Waals surface area (Å²) in [6, 6.07) is 8.08. The zero-order valence-electron chi connectivity index (χ0n) is 13.0. The molecule has 0 aliphatic heterocycles. The molecule has 0 heterocycles. The van der Waals surface area contributed by atoms with E-state index in [0.29, 0.717) is 11.8 Å². The Labute approximate surface area is 135 Å². The van der Waals surface area contributed by atoms with Crippen LogP contribution in [0, 0.1) is 11.7 Å². The maximum atomic E-state index is 13.8. The topological polar surface area (TPSA) is 98.5 Å². The Kier molecular flexibility index (Phi) is 5.13. The van der Waals surface area contributed by atoms with Gasteiger partial charge >= 0.3 is 0 Å². The molecule has 0 aliphatic rings. The molecule has 2 aromatic rings. The molecule has 2 aromatic carbocycles. The number of nitrogens with zero attached hydrogens (tertiary/aromatic N) is 1. The van der Waals surface area contributed by atoms with Gasteiger partial charge in [-0.25, -0.2) is 13.7 Å². The highest BCUT2D eigenvalue weighted by atomic mass is 32.2. The lowest BCUT2D eigenvalue weighted by Crippen LogP contribution is -2.32. The highest BCUT2D eigenvalue weighted by Crippen LogP contribution is 2.25. The molecule has 4 N–H and O–H groups in total. The van der Waals surface area contributed by atoms with Crippen LogP contribution in [0.4, 0.5) is 4.39 Å². The van der Waals surface area contributed by atoms with Crippen LogP contribution < -0.4 is 10.9 Å². The Hall–Kier alpha value is -1.83. The van der Waals surface area contributed by atoms with Gasteiger partial charge in [0.05, 0.1) is 10.9 Å². The fourth-order valence-electron chi connectivity index (χ4n) is 2.35. The monoisotopic (exact) mass is 337 g/mol. The van der Waals surface area contributed by atoms with E-state index >= 15 is 0 Å². The van der Waals surface area contributed by atoms with Gasteiger partial charge in [-0.1, -0.05) is 38.1 Å². The Morgan fingerprint density at radius 3 is 2.43 bits per heavy atom. The van der Waals surface area contributed by atoms with Crippen molar-refractivity contribution in [3.05, 3.63) is 42.2 Å². The normalized spacial score (nSPS) is 15.4. The molecule has 124 valence electrons. The first kappa shape index (κ1) is 17.5. The third-order valence-electron chi connectivity index (χ3n) is 3.41. The van der Waals surface area contributed by atoms with Gasteiger partial charge in [-0.2, -0.15) is 0 Å². The quantitative estimate of drug-likeness (QED) is 0.897. The third-order valence-corrected chi connectivity index (χ3v) is 4.85. The maximum Gasteiger partial charge on any atom is 0.271 e. The molecular weight excluding hydrogens is 317 g/mol. The minimum Gasteiger partial charge on any atom is -0.320 e. The predicted molar refractivity (Wildman–Crippen MR) is 89.4 cm³/mol. The summed E-state index contributed by atoms with van der Waals surface area (Å²) in [5, 5.41) is 6.43. The lowest BCUT2D eigenvalue weighted by Gasteiger charge is -2.12. The SMILES string of the molecule is CC(C)C[C@H](N)C(=O)N=S(N)(=O)c1ccc(F)c2ccccc12. The van der Waals surface area contributed by atoms with Gasteiger partial charge in [-0.3, -0.25) is 4.79 Å². The summed E-state index contributed by atoms with van der Waals surface area (Å²) in [6.07, 6.45) is 0.419. The van der Waals surface area contributed by atoms with Crippen molar-refractivity contribution in [3.8, 4) is 0 Å². The van der Waals surface area contributed by atoms with Crippen molar-refractivity contribution >= 4 is 26.6 Å². The molecule has 2 rings (SSSR count). The molecule has 2 atom stereocenters. The van der Waals surface area contributed by atoms with Crippen LogP contribution in [-0.2, 0) is 14.7 Å². The minimum absolute atomic E-state index is 0.125. The minimum atomic E-state index is -3.50. The Bertz CT molecular complexity index is 858. The van der Waals surface area contributed by atoms with Crippen LogP contribution in [0.2, 0.25) is 0 Å². The third kappa shape index (κ3) is 3.93. The van der Waals surface area contributed by atoms with Gasteiger partial charge < -0.3 is 5.73 Å². The Morgan fingerprint density at radius 2 is 1.83 bits per heavy atom. The van der Waals surface area contributed by atoms with Crippen molar-refractivity contribution in [1.29, 1.82) is 0 Å². The second-order valence-electron chi connectivity index (χ2n) is 5.83. The molecule has 5 nitrogen and oxygen atoms in total. The summed E-state index contributed by atoms with van der Waals surface area (Å²) in [4.78, 5) is 12.2. The van der Waals surface area contributed by atoms with Gasteiger partial charge in [0.25, 0.3) is 5.91 Å². The number of carbonyl (C=O) groups excluding carboxylic acids is 1. The highest BCUT2D eigenvalue weighted by molar-refractivity contribution is 7.92. The van der Waals surface area contributed by atoms with Gasteiger partial charge in [0, 0.05) is 10.8 Å². The Balaban J connectivity index is 2.52. The summed E-state index contributed by atoms with van der Waals surface area (Å²) in [5.74, 6) is -0.966. The summed E-state index contributed by atoms with van der Waals surface area (Å²) in [7, 11) is -3.50. The number of carbonyl (C=O) groups is 1. The average Bonchev–Trinajstić information content (AvgIpc) is 2.46. The fraction of sp³-hybridized carbons (Fsp3) is 0.312. The van der Waals surface area contributed by atoms with E-state index in [1.165, 1.54) is 6.07 Å². The number of amides is 1. The standard InChI is InChI=1S/C16H20FN3O2S/c1-10(2)9-14(18)16(21)20-23(19,22)15-8-7-13(17)11-5-3-4-6-12(11)15/h3-8,10,14H,9,18H2,1-2H3,(H2,19,20,21,22)/t14-,23?/m0/s1. The summed E-state index contributed by atoms with van der Waals surface area (Å²) in [5.41, 5.74) is 5.76. The van der Waals surface area contributed by atoms with Crippen molar-refractivity contribution in [2.75, 3.05) is 0 Å². The number of halogens is 1. The summed E-state index contributed by atoms with van der Waals surface area (Å²) < 4.78 is 30.2. The summed E-state index contributed by atoms with van der Waals surface area (Å²) in [6.45, 7) is 3.83. The van der Waals surface area contributed by atoms with Gasteiger partial charge in [-0.05, 0) is 24.5 Å². The van der Waals surface area contributed by atoms with Crippen LogP contribution in [0.15, 0.2) is 45.7 Å². The van der Waals surface area contributed by atoms with E-state index in [4.69, 9.17) is 10.9 Å². The smallest absolute Gasteiger partial charge is 0.271 e. The molecule has 0 aromatic heterocycles. The molecule has 0 aliphatic carbocycles. The van der Waals surface area contributed by atoms with Crippen molar-refractivity contribution in [3.63, 3.8) is 0 Å². The first-order valence-corrected chi connectivity index (χ1v) is 8.82. The van der Waals surface area contributed by atoms with Crippen molar-refractivity contribution < 1.29 is 13.4 Å². The molecule has 0 bridgehead atoms. The van der Waals surface area contributed by atoms with Crippen molar-refractivity contribution in [1.82, 2.24) is 0 Å². The zero-order chi connectivity index (χ0) is 17.2. The zero-order valence-corrected chi connectivity index (χ0v) is 13.8. The molecule has 1 amide bonds. The molecule has 7 heteroatoms. The van der Waals surface area contributed by atoms with E-state index in [0.717, 1.165) is 6.07 Å². The first-order chi connectivity index (χ1) is 10.7. The van der Waals surface area contributed by atoms with E-state index in [9.17, 15) is 13.4 Å². The van der Waals surface area contributed by atoms with Gasteiger partial charge in [0.15, 0.2) is 0 Å². The van der Waals surface area contributed by atoms with Crippen molar-refractivity contribution in [2.24, 2.45) is 21.2 Å². The number of nitrogens with two attached hydrogens (primary N) is 2. The predicted octanol–water partition coefficient (Wildman–Crippen LogP) is 2.58. The highest BCUT2D eigenvalue weighted by Gasteiger charge is 2.19.